The average Bonchev–Trinajstić information content (AvgIpc) is 1.56. The van der Waals surface area contributed by atoms with Gasteiger partial charge in [0.15, 0.2) is 11.6 Å². The highest BCUT2D eigenvalue weighted by Crippen LogP contribution is 2.60. The number of halogens is 6. The van der Waals surface area contributed by atoms with Crippen LogP contribution in [0.5, 0.6) is 23.3 Å². The molecule has 2 saturated heterocycles. The van der Waals surface area contributed by atoms with E-state index in [1.165, 1.54) is 38.2 Å². The lowest BCUT2D eigenvalue weighted by Crippen LogP contribution is -2.49. The van der Waals surface area contributed by atoms with E-state index in [-0.39, 0.29) is 75.6 Å². The lowest BCUT2D eigenvalue weighted by molar-refractivity contribution is -0.257. The van der Waals surface area contributed by atoms with E-state index in [0.717, 1.165) is 27.7 Å². The summed E-state index contributed by atoms with van der Waals surface area (Å²) < 4.78 is 183. The number of ketones is 2. The Morgan fingerprint density at radius 3 is 1.22 bits per heavy atom. The highest BCUT2D eigenvalue weighted by molar-refractivity contribution is 7.92. The number of amides is 4. The second-order valence-corrected chi connectivity index (χ2v) is 40.0. The summed E-state index contributed by atoms with van der Waals surface area (Å²) in [5, 5.41) is 0. The van der Waals surface area contributed by atoms with Gasteiger partial charge in [-0.05, 0) is 192 Å². The summed E-state index contributed by atoms with van der Waals surface area (Å²) >= 11 is 0. The van der Waals surface area contributed by atoms with Gasteiger partial charge >= 0.3 is 24.3 Å². The number of rotatable bonds is 22. The van der Waals surface area contributed by atoms with E-state index >= 15 is 9.59 Å². The Labute approximate surface area is 694 Å². The number of hydrogen-bond donors (Lipinski definition) is 2. The van der Waals surface area contributed by atoms with Crippen LogP contribution in [0.25, 0.3) is 22.1 Å². The van der Waals surface area contributed by atoms with Crippen LogP contribution in [0.2, 0.25) is 0 Å². The molecule has 4 amide bonds. The highest BCUT2D eigenvalue weighted by Gasteiger charge is 2.65. The molecule has 4 aliphatic carbocycles. The predicted octanol–water partition coefficient (Wildman–Crippen LogP) is 11.6. The van der Waals surface area contributed by atoms with Gasteiger partial charge in [0.25, 0.3) is 0 Å². The number of alkyl halides is 6. The maximum Gasteiger partial charge on any atom is 0.427 e. The minimum absolute atomic E-state index is 0.0208. The molecule has 36 heteroatoms. The van der Waals surface area contributed by atoms with E-state index in [0.29, 0.717) is 109 Å². The number of allylic oxidation sites excluding steroid dienone is 4. The third-order valence-corrected chi connectivity index (χ3v) is 29.7. The largest absolute Gasteiger partial charge is 0.497 e. The summed E-state index contributed by atoms with van der Waals surface area (Å²) in [5.74, 6) is -10.1. The lowest BCUT2D eigenvalue weighted by atomic mass is 9.81. The molecule has 2 aromatic carbocycles. The molecule has 2 aromatic heterocycles. The topological polar surface area (TPSA) is 361 Å². The van der Waals surface area contributed by atoms with Gasteiger partial charge in [-0.1, -0.05) is 38.2 Å². The molecular formula is C84H110F6N8O20S2. The van der Waals surface area contributed by atoms with Crippen molar-refractivity contribution in [2.45, 2.75) is 242 Å². The molecule has 660 valence electrons. The number of carbonyl (C=O) groups is 8. The van der Waals surface area contributed by atoms with Gasteiger partial charge < -0.3 is 47.7 Å². The van der Waals surface area contributed by atoms with Crippen molar-refractivity contribution in [1.82, 2.24) is 39.2 Å². The first-order chi connectivity index (χ1) is 56.0. The summed E-state index contributed by atoms with van der Waals surface area (Å²) in [7, 11) is -2.24. The summed E-state index contributed by atoms with van der Waals surface area (Å²) in [5.41, 5.74) is -5.61. The maximum atomic E-state index is 15.0. The van der Waals surface area contributed by atoms with Gasteiger partial charge in [0.05, 0.1) is 106 Å². The number of ether oxygens (including phenoxy) is 8. The molecule has 28 nitrogen and oxygen atoms in total. The molecule has 0 bridgehead atoms. The number of benzene rings is 2. The normalized spacial score (nSPS) is 29.1. The molecule has 14 atom stereocenters. The van der Waals surface area contributed by atoms with Crippen LogP contribution < -0.4 is 28.4 Å². The second kappa shape index (κ2) is 35.3. The maximum absolute atomic E-state index is 15.0. The molecule has 0 radical (unpaired) electrons. The van der Waals surface area contributed by atoms with Gasteiger partial charge in [-0.2, -0.15) is 26.3 Å². The summed E-state index contributed by atoms with van der Waals surface area (Å²) in [4.78, 5) is 135. The quantitative estimate of drug-likeness (QED) is 0.0419. The molecule has 8 aliphatic rings. The number of Topliss-reactive ketones (excluding diaryl/α,β-unsaturated/α-hetero) is 2. The van der Waals surface area contributed by atoms with Crippen molar-refractivity contribution in [2.24, 2.45) is 58.2 Å². The lowest BCUT2D eigenvalue weighted by Gasteiger charge is -2.34. The van der Waals surface area contributed by atoms with Gasteiger partial charge in [-0.3, -0.25) is 47.8 Å². The van der Waals surface area contributed by atoms with Gasteiger partial charge in [-0.15, -0.1) is 0 Å². The van der Waals surface area contributed by atoms with E-state index < -0.39 is 197 Å². The zero-order chi connectivity index (χ0) is 88.0. The monoisotopic (exact) mass is 1730 g/mol. The van der Waals surface area contributed by atoms with Crippen molar-refractivity contribution in [3.63, 3.8) is 0 Å². The Morgan fingerprint density at radius 1 is 0.533 bits per heavy atom. The summed E-state index contributed by atoms with van der Waals surface area (Å²) in [6, 6.07) is 7.86. The number of sulfonamides is 2. The number of methoxy groups -OCH3 is 4. The van der Waals surface area contributed by atoms with Gasteiger partial charge in [0.1, 0.15) is 35.1 Å². The molecular weight excluding hydrogens is 1620 g/mol. The Morgan fingerprint density at radius 2 is 0.892 bits per heavy atom. The summed E-state index contributed by atoms with van der Waals surface area (Å²) in [6.45, 7) is 12.9. The Bertz CT molecular complexity index is 4580. The molecule has 2 N–H and O–H groups in total. The Balaban J connectivity index is 0.000000235. The minimum atomic E-state index is -4.90. The minimum Gasteiger partial charge on any atom is -0.497 e. The number of nitrogens with zero attached hydrogens (tertiary/aromatic N) is 6. The fourth-order valence-corrected chi connectivity index (χ4v) is 19.4. The molecule has 0 spiro atoms. The van der Waals surface area contributed by atoms with Crippen LogP contribution in [0, 0.1) is 72.0 Å². The fraction of sp³-hybridized carbons (Fsp3) is 0.667. The first-order valence-electron chi connectivity index (χ1n) is 40.7. The van der Waals surface area contributed by atoms with Crippen LogP contribution in [0.15, 0.2) is 60.7 Å². The SMILES string of the molecule is COC[C@@H]1C[C@@H](C)CC/C=C\[C@@H]2C[C@@]2(C(=O)NS(=O)(=O)C2(C)CC2)CC(=O)[C@@H]2C[C@@H](Oc3nc4cc(OC)ccc4nc3C)CN2C(=O)[C@H]1CC(=O)OC(C)(C)C(F)(F)F.COC[C@@H]1C[C@H](C)CC/C=C\[C@@H]2C[C@@]2(C(=O)NS(=O)(=O)C2(C)CC2)CC(=O)[C@@H]2C[C@@H](Oc3nc4cc(OC)ccc4nc3C)CN2C(=O)[C@H]1CC(=O)OC(C)(C)C(F)(F)F. The van der Waals surface area contributed by atoms with Crippen molar-refractivity contribution in [2.75, 3.05) is 54.7 Å². The predicted molar refractivity (Wildman–Crippen MR) is 424 cm³/mol. The summed E-state index contributed by atoms with van der Waals surface area (Å²) in [6.07, 6.45) is -1.41. The van der Waals surface area contributed by atoms with Crippen LogP contribution in [-0.2, 0) is 77.4 Å². The van der Waals surface area contributed by atoms with Gasteiger partial charge in [0.2, 0.25) is 66.6 Å². The smallest absolute Gasteiger partial charge is 0.427 e. The van der Waals surface area contributed by atoms with E-state index in [1.54, 1.807) is 64.1 Å². The second-order valence-electron chi connectivity index (χ2n) is 35.6. The van der Waals surface area contributed by atoms with Crippen LogP contribution in [0.4, 0.5) is 26.3 Å². The Hall–Kier alpha value is -8.64. The van der Waals surface area contributed by atoms with Crippen LogP contribution in [0.3, 0.4) is 0 Å². The molecule has 4 aromatic rings. The number of esters is 2. The van der Waals surface area contributed by atoms with Crippen molar-refractivity contribution in [1.29, 1.82) is 0 Å². The first-order valence-corrected chi connectivity index (χ1v) is 43.7. The number of hydrogen-bond acceptors (Lipinski definition) is 24. The van der Waals surface area contributed by atoms with E-state index in [9.17, 15) is 71.9 Å². The van der Waals surface area contributed by atoms with Gasteiger partial charge in [0, 0.05) is 65.2 Å². The first kappa shape index (κ1) is 92.1. The van der Waals surface area contributed by atoms with E-state index in [4.69, 9.17) is 37.9 Å². The van der Waals surface area contributed by atoms with Crippen LogP contribution >= 0.6 is 0 Å². The number of fused-ring (bicyclic) bond motifs is 6. The zero-order valence-electron chi connectivity index (χ0n) is 70.2. The standard InChI is InChI=1S/2C42H55F3N4O10S/c2*1-24-10-8-9-11-27-20-41(27,38(53)48-60(54,55)40(5)14-15-40)21-34(50)33-18-29(58-36-25(2)46-31-13-12-28(57-7)17-32(31)47-36)22-49(33)37(52)30(26(16-24)23-56-6)19-35(51)59-39(3,4)42(43,44)45/h2*9,11-13,17,24,26-27,29-30,33H,8,10,14-16,18-23H2,1-7H3,(H,48,53)/b2*11-9-/t24-,26+,27-,29-,30+,33+,41-;24-,26-,27+,29+,30-,33-,41+/m10/s1. The third-order valence-electron chi connectivity index (χ3n) is 25.4. The van der Waals surface area contributed by atoms with Crippen molar-refractivity contribution >= 4 is 89.2 Å². The molecule has 12 rings (SSSR count). The van der Waals surface area contributed by atoms with Crippen molar-refractivity contribution < 1.29 is 119 Å². The molecule has 6 heterocycles. The number of carbonyl (C=O) groups excluding carboxylic acids is 8. The molecule has 4 aliphatic heterocycles. The van der Waals surface area contributed by atoms with Crippen LogP contribution in [-0.4, -0.2) is 206 Å². The Kier molecular flexibility index (Phi) is 27.1. The van der Waals surface area contributed by atoms with Crippen molar-refractivity contribution in [3.8, 4) is 23.3 Å². The fourth-order valence-electron chi connectivity index (χ4n) is 16.7. The van der Waals surface area contributed by atoms with Crippen LogP contribution in [0.1, 0.15) is 182 Å². The van der Waals surface area contributed by atoms with Gasteiger partial charge in [-0.25, -0.2) is 36.8 Å². The molecule has 6 fully saturated rings. The number of aromatic nitrogens is 4. The number of nitrogens with one attached hydrogen (secondary N) is 2. The molecule has 120 heavy (non-hydrogen) atoms. The molecule has 0 unspecified atom stereocenters. The third kappa shape index (κ3) is 20.3. The molecule has 4 saturated carbocycles. The number of aryl methyl sites for hydroxylation is 2. The average molecular weight is 1730 g/mol. The van der Waals surface area contributed by atoms with E-state index in [2.05, 4.69) is 29.4 Å². The highest BCUT2D eigenvalue weighted by atomic mass is 32.2. The van der Waals surface area contributed by atoms with Crippen molar-refractivity contribution in [3.05, 3.63) is 72.1 Å². The van der Waals surface area contributed by atoms with E-state index in [1.807, 2.05) is 38.2 Å². The zero-order valence-corrected chi connectivity index (χ0v) is 71.8.